The third-order valence-electron chi connectivity index (χ3n) is 6.25. The molecule has 4 rings (SSSR count). The fourth-order valence-electron chi connectivity index (χ4n) is 4.55. The topological polar surface area (TPSA) is 58.1 Å². The molecule has 2 N–H and O–H groups in total. The second kappa shape index (κ2) is 10.8. The summed E-state index contributed by atoms with van der Waals surface area (Å²) in [5.41, 5.74) is 2.98. The Kier molecular flexibility index (Phi) is 7.60. The van der Waals surface area contributed by atoms with E-state index < -0.39 is 0 Å². The molecule has 2 aliphatic heterocycles. The molecule has 0 bridgehead atoms. The minimum absolute atomic E-state index is 0.212. The summed E-state index contributed by atoms with van der Waals surface area (Å²) in [5, 5.41) is 6.94. The van der Waals surface area contributed by atoms with E-state index in [2.05, 4.69) is 57.8 Å². The number of likely N-dealkylation sites (tertiary alicyclic amines) is 1. The van der Waals surface area contributed by atoms with Crippen LogP contribution in [0, 0.1) is 5.82 Å². The normalized spacial score (nSPS) is 21.5. The van der Waals surface area contributed by atoms with Crippen LogP contribution < -0.4 is 15.4 Å². The zero-order valence-corrected chi connectivity index (χ0v) is 18.9. The van der Waals surface area contributed by atoms with Crippen molar-refractivity contribution in [3.05, 3.63) is 65.0 Å². The van der Waals surface area contributed by atoms with Crippen molar-refractivity contribution in [2.45, 2.75) is 51.4 Å². The molecule has 0 amide bonds. The van der Waals surface area contributed by atoms with E-state index in [1.54, 1.807) is 13.1 Å². The number of benzene rings is 2. The number of fused-ring (bicyclic) bond motifs is 1. The SMILES string of the molecule is CN=C(NCCc1cc(F)cc2c1OCOC2)NC1CCN(Cc2ccccc2)C(C)C1. The maximum atomic E-state index is 14.0. The minimum Gasteiger partial charge on any atom is -0.467 e. The van der Waals surface area contributed by atoms with E-state index in [4.69, 9.17) is 9.47 Å². The Bertz CT molecular complexity index is 922. The summed E-state index contributed by atoms with van der Waals surface area (Å²) < 4.78 is 24.8. The molecule has 0 aromatic heterocycles. The molecule has 2 heterocycles. The Balaban J connectivity index is 1.26. The highest BCUT2D eigenvalue weighted by Gasteiger charge is 2.26. The van der Waals surface area contributed by atoms with Gasteiger partial charge in [0.25, 0.3) is 0 Å². The van der Waals surface area contributed by atoms with Gasteiger partial charge in [-0.1, -0.05) is 30.3 Å². The molecule has 2 aromatic rings. The highest BCUT2D eigenvalue weighted by molar-refractivity contribution is 5.80. The third kappa shape index (κ3) is 5.78. The van der Waals surface area contributed by atoms with Crippen LogP contribution in [-0.2, 0) is 24.3 Å². The van der Waals surface area contributed by atoms with Gasteiger partial charge in [0.05, 0.1) is 6.61 Å². The highest BCUT2D eigenvalue weighted by Crippen LogP contribution is 2.29. The van der Waals surface area contributed by atoms with Gasteiger partial charge in [-0.05, 0) is 49.4 Å². The standard InChI is InChI=1S/C25H33FN4O2/c1-18-12-23(9-11-30(18)15-19-6-4-3-5-7-19)29-25(27-2)28-10-8-20-13-22(26)14-21-16-31-17-32-24(20)21/h3-7,13-14,18,23H,8-12,15-17H2,1-2H3,(H2,27,28,29). The number of aliphatic imine (C=N–C) groups is 1. The molecule has 0 saturated carbocycles. The smallest absolute Gasteiger partial charge is 0.191 e. The molecule has 1 saturated heterocycles. The summed E-state index contributed by atoms with van der Waals surface area (Å²) in [4.78, 5) is 6.93. The summed E-state index contributed by atoms with van der Waals surface area (Å²) in [7, 11) is 1.79. The van der Waals surface area contributed by atoms with Crippen molar-refractivity contribution in [2.75, 3.05) is 26.9 Å². The monoisotopic (exact) mass is 440 g/mol. The van der Waals surface area contributed by atoms with Gasteiger partial charge in [-0.25, -0.2) is 4.39 Å². The van der Waals surface area contributed by atoms with Gasteiger partial charge in [0.15, 0.2) is 12.8 Å². The zero-order valence-electron chi connectivity index (χ0n) is 18.9. The maximum Gasteiger partial charge on any atom is 0.191 e. The lowest BCUT2D eigenvalue weighted by molar-refractivity contribution is -0.0172. The number of piperidine rings is 1. The molecule has 2 unspecified atom stereocenters. The number of ether oxygens (including phenoxy) is 2. The number of rotatable bonds is 6. The van der Waals surface area contributed by atoms with Gasteiger partial charge in [0.2, 0.25) is 0 Å². The number of halogens is 1. The van der Waals surface area contributed by atoms with Crippen LogP contribution >= 0.6 is 0 Å². The number of guanidine groups is 1. The lowest BCUT2D eigenvalue weighted by Crippen LogP contribution is -2.51. The number of hydrogen-bond acceptors (Lipinski definition) is 4. The number of nitrogens with one attached hydrogen (secondary N) is 2. The Morgan fingerprint density at radius 2 is 2.09 bits per heavy atom. The van der Waals surface area contributed by atoms with Crippen LogP contribution in [0.4, 0.5) is 4.39 Å². The van der Waals surface area contributed by atoms with Crippen molar-refractivity contribution in [3.8, 4) is 5.75 Å². The van der Waals surface area contributed by atoms with Crippen molar-refractivity contribution in [3.63, 3.8) is 0 Å². The first-order chi connectivity index (χ1) is 15.6. The predicted molar refractivity (Wildman–Crippen MR) is 124 cm³/mol. The lowest BCUT2D eigenvalue weighted by Gasteiger charge is -2.38. The van der Waals surface area contributed by atoms with Gasteiger partial charge >= 0.3 is 0 Å². The Labute approximate surface area is 189 Å². The average Bonchev–Trinajstić information content (AvgIpc) is 2.80. The Morgan fingerprint density at radius 1 is 1.25 bits per heavy atom. The molecule has 7 heteroatoms. The van der Waals surface area contributed by atoms with E-state index >= 15 is 0 Å². The first-order valence-electron chi connectivity index (χ1n) is 11.4. The second-order valence-corrected chi connectivity index (χ2v) is 8.58. The van der Waals surface area contributed by atoms with Gasteiger partial charge in [-0.2, -0.15) is 0 Å². The van der Waals surface area contributed by atoms with E-state index in [1.165, 1.54) is 11.6 Å². The fraction of sp³-hybridized carbons (Fsp3) is 0.480. The summed E-state index contributed by atoms with van der Waals surface area (Å²) >= 11 is 0. The van der Waals surface area contributed by atoms with Crippen molar-refractivity contribution in [1.82, 2.24) is 15.5 Å². The van der Waals surface area contributed by atoms with Crippen LogP contribution in [0.1, 0.15) is 36.5 Å². The summed E-state index contributed by atoms with van der Waals surface area (Å²) in [6, 6.07) is 14.6. The zero-order chi connectivity index (χ0) is 22.3. The first-order valence-corrected chi connectivity index (χ1v) is 11.4. The highest BCUT2D eigenvalue weighted by atomic mass is 19.1. The maximum absolute atomic E-state index is 14.0. The third-order valence-corrected chi connectivity index (χ3v) is 6.25. The molecule has 0 radical (unpaired) electrons. The first kappa shape index (κ1) is 22.6. The second-order valence-electron chi connectivity index (χ2n) is 8.58. The van der Waals surface area contributed by atoms with Crippen molar-refractivity contribution < 1.29 is 13.9 Å². The molecule has 2 aliphatic rings. The molecule has 2 atom stereocenters. The predicted octanol–water partition coefficient (Wildman–Crippen LogP) is 3.45. The van der Waals surface area contributed by atoms with Crippen molar-refractivity contribution in [1.29, 1.82) is 0 Å². The Morgan fingerprint density at radius 3 is 2.88 bits per heavy atom. The molecule has 2 aromatic carbocycles. The van der Waals surface area contributed by atoms with Crippen LogP contribution in [0.2, 0.25) is 0 Å². The molecule has 172 valence electrons. The van der Waals surface area contributed by atoms with Crippen LogP contribution in [0.3, 0.4) is 0 Å². The van der Waals surface area contributed by atoms with Crippen LogP contribution in [0.5, 0.6) is 5.75 Å². The summed E-state index contributed by atoms with van der Waals surface area (Å²) in [5.74, 6) is 1.28. The Hall–Kier alpha value is -2.64. The largest absolute Gasteiger partial charge is 0.467 e. The van der Waals surface area contributed by atoms with Crippen molar-refractivity contribution >= 4 is 5.96 Å². The van der Waals surface area contributed by atoms with E-state index in [-0.39, 0.29) is 12.6 Å². The van der Waals surface area contributed by atoms with Gasteiger partial charge in [-0.15, -0.1) is 0 Å². The lowest BCUT2D eigenvalue weighted by atomic mass is 9.97. The van der Waals surface area contributed by atoms with Gasteiger partial charge in [-0.3, -0.25) is 9.89 Å². The molecule has 32 heavy (non-hydrogen) atoms. The quantitative estimate of drug-likeness (QED) is 0.532. The van der Waals surface area contributed by atoms with E-state index in [0.29, 0.717) is 31.7 Å². The van der Waals surface area contributed by atoms with Gasteiger partial charge in [0.1, 0.15) is 11.6 Å². The molecule has 1 fully saturated rings. The van der Waals surface area contributed by atoms with Crippen LogP contribution in [0.25, 0.3) is 0 Å². The minimum atomic E-state index is -0.258. The van der Waals surface area contributed by atoms with Crippen molar-refractivity contribution in [2.24, 2.45) is 4.99 Å². The molecular weight excluding hydrogens is 407 g/mol. The number of nitrogens with zero attached hydrogens (tertiary/aromatic N) is 2. The summed E-state index contributed by atoms with van der Waals surface area (Å²) in [6.45, 7) is 5.58. The average molecular weight is 441 g/mol. The van der Waals surface area contributed by atoms with Crippen LogP contribution in [-0.4, -0.2) is 49.9 Å². The fourth-order valence-corrected chi connectivity index (χ4v) is 4.55. The van der Waals surface area contributed by atoms with E-state index in [0.717, 1.165) is 48.8 Å². The van der Waals surface area contributed by atoms with E-state index in [9.17, 15) is 4.39 Å². The molecule has 6 nitrogen and oxygen atoms in total. The summed E-state index contributed by atoms with van der Waals surface area (Å²) in [6.07, 6.45) is 2.79. The van der Waals surface area contributed by atoms with Gasteiger partial charge in [0, 0.05) is 44.3 Å². The molecular formula is C25H33FN4O2. The van der Waals surface area contributed by atoms with E-state index in [1.807, 2.05) is 0 Å². The van der Waals surface area contributed by atoms with Crippen LogP contribution in [0.15, 0.2) is 47.5 Å². The van der Waals surface area contributed by atoms with Gasteiger partial charge < -0.3 is 20.1 Å². The molecule has 0 spiro atoms. The number of hydrogen-bond donors (Lipinski definition) is 2. The molecule has 0 aliphatic carbocycles.